The summed E-state index contributed by atoms with van der Waals surface area (Å²) in [5.41, 5.74) is 4.57. The maximum absolute atomic E-state index is 13.4. The van der Waals surface area contributed by atoms with Crippen molar-refractivity contribution in [1.29, 1.82) is 0 Å². The summed E-state index contributed by atoms with van der Waals surface area (Å²) in [6, 6.07) is 12.6. The van der Waals surface area contributed by atoms with Crippen molar-refractivity contribution in [3.05, 3.63) is 72.2 Å². The van der Waals surface area contributed by atoms with Crippen molar-refractivity contribution in [1.82, 2.24) is 29.1 Å². The molecule has 2 aromatic carbocycles. The number of imidazole rings is 1. The number of hydrogen-bond donors (Lipinski definition) is 1. The van der Waals surface area contributed by atoms with E-state index in [1.807, 2.05) is 34.4 Å². The third kappa shape index (κ3) is 6.69. The van der Waals surface area contributed by atoms with Gasteiger partial charge in [0.1, 0.15) is 5.75 Å². The van der Waals surface area contributed by atoms with E-state index in [2.05, 4.69) is 51.0 Å². The van der Waals surface area contributed by atoms with Crippen molar-refractivity contribution in [3.8, 4) is 17.0 Å². The van der Waals surface area contributed by atoms with Crippen molar-refractivity contribution in [2.45, 2.75) is 32.4 Å². The molecule has 1 saturated heterocycles. The van der Waals surface area contributed by atoms with Gasteiger partial charge in [-0.25, -0.2) is 9.97 Å². The number of nitrogens with zero attached hydrogens (tertiary/aromatic N) is 6. The molecule has 1 fully saturated rings. The Balaban J connectivity index is 1.25. The van der Waals surface area contributed by atoms with E-state index in [0.717, 1.165) is 61.5 Å². The maximum Gasteiger partial charge on any atom is 0.387 e. The van der Waals surface area contributed by atoms with Gasteiger partial charge in [-0.15, -0.1) is 0 Å². The smallest absolute Gasteiger partial charge is 0.387 e. The lowest BCUT2D eigenvalue weighted by molar-refractivity contribution is -0.0498. The summed E-state index contributed by atoms with van der Waals surface area (Å²) >= 11 is 0. The van der Waals surface area contributed by atoms with Crippen LogP contribution in [0.25, 0.3) is 16.9 Å². The first-order valence-electron chi connectivity index (χ1n) is 14.1. The highest BCUT2D eigenvalue weighted by Gasteiger charge is 2.26. The Kier molecular flexibility index (Phi) is 8.98. The third-order valence-corrected chi connectivity index (χ3v) is 7.80. The highest BCUT2D eigenvalue weighted by molar-refractivity contribution is 5.96. The summed E-state index contributed by atoms with van der Waals surface area (Å²) in [7, 11) is 6.35. The Morgan fingerprint density at radius 3 is 2.48 bits per heavy atom. The predicted octanol–water partition coefficient (Wildman–Crippen LogP) is 5.15. The quantitative estimate of drug-likeness (QED) is 0.279. The molecule has 1 N–H and O–H groups in total. The van der Waals surface area contributed by atoms with Gasteiger partial charge in [0.2, 0.25) is 0 Å². The molecule has 0 spiro atoms. The van der Waals surface area contributed by atoms with Crippen LogP contribution in [0.3, 0.4) is 0 Å². The lowest BCUT2D eigenvalue weighted by Gasteiger charge is -2.37. The lowest BCUT2D eigenvalue weighted by atomic mass is 10.0. The molecule has 9 nitrogen and oxygen atoms in total. The molecule has 0 unspecified atom stereocenters. The van der Waals surface area contributed by atoms with Gasteiger partial charge in [0, 0.05) is 61.4 Å². The zero-order chi connectivity index (χ0) is 29.8. The number of amides is 1. The predicted molar refractivity (Wildman–Crippen MR) is 160 cm³/mol. The van der Waals surface area contributed by atoms with Crippen molar-refractivity contribution in [3.63, 3.8) is 0 Å². The number of halogens is 2. The highest BCUT2D eigenvalue weighted by atomic mass is 19.3. The first kappa shape index (κ1) is 29.4. The van der Waals surface area contributed by atoms with E-state index >= 15 is 0 Å². The van der Waals surface area contributed by atoms with Crippen molar-refractivity contribution in [2.24, 2.45) is 0 Å². The Labute approximate surface area is 244 Å². The van der Waals surface area contributed by atoms with Crippen LogP contribution in [0.4, 0.5) is 20.3 Å². The Hall–Kier alpha value is -4.09. The number of likely N-dealkylation sites (tertiary alicyclic amines) is 1. The van der Waals surface area contributed by atoms with Crippen LogP contribution in [0.5, 0.6) is 5.75 Å². The van der Waals surface area contributed by atoms with Gasteiger partial charge < -0.3 is 24.8 Å². The van der Waals surface area contributed by atoms with Gasteiger partial charge in [0.05, 0.1) is 11.9 Å². The van der Waals surface area contributed by atoms with Crippen LogP contribution < -0.4 is 10.1 Å². The fourth-order valence-electron chi connectivity index (χ4n) is 5.37. The first-order chi connectivity index (χ1) is 20.2. The number of carbonyl (C=O) groups is 1. The molecule has 1 aliphatic heterocycles. The number of anilines is 2. The van der Waals surface area contributed by atoms with Crippen LogP contribution in [0.2, 0.25) is 0 Å². The largest absolute Gasteiger partial charge is 0.435 e. The Morgan fingerprint density at radius 1 is 1.07 bits per heavy atom. The monoisotopic (exact) mass is 577 g/mol. The van der Waals surface area contributed by atoms with Gasteiger partial charge in [0.15, 0.2) is 11.5 Å². The van der Waals surface area contributed by atoms with Crippen molar-refractivity contribution < 1.29 is 18.3 Å². The molecule has 0 radical (unpaired) electrons. The summed E-state index contributed by atoms with van der Waals surface area (Å²) in [6.07, 6.45) is 7.12. The number of carbonyl (C=O) groups excluding carboxylic acids is 1. The number of benzene rings is 2. The fraction of sp³-hybridized carbons (Fsp3) is 0.387. The van der Waals surface area contributed by atoms with Crippen LogP contribution in [-0.2, 0) is 0 Å². The van der Waals surface area contributed by atoms with Gasteiger partial charge in [-0.2, -0.15) is 8.78 Å². The molecule has 2 aromatic heterocycles. The molecule has 1 amide bonds. The average molecular weight is 578 g/mol. The normalized spacial score (nSPS) is 14.4. The molecule has 222 valence electrons. The zero-order valence-electron chi connectivity index (χ0n) is 24.4. The van der Waals surface area contributed by atoms with Gasteiger partial charge in [-0.3, -0.25) is 9.20 Å². The molecule has 0 saturated carbocycles. The minimum Gasteiger partial charge on any atom is -0.435 e. The van der Waals surface area contributed by atoms with E-state index in [-0.39, 0.29) is 11.7 Å². The molecule has 1 aliphatic rings. The standard InChI is InChI=1S/C31H37F2N7O2/c1-21-19-23(7-10-26(21)30(41)39-14-11-24(12-15-39)38(4)18-17-37(2)3)36-28-29-35-20-27(40(29)16-13-34-28)22-5-8-25(9-6-22)42-31(32)33/h5-10,13,16,19-20,24,31H,11-12,14-15,17-18H2,1-4H3,(H,34,36). The van der Waals surface area contributed by atoms with Gasteiger partial charge in [-0.1, -0.05) is 0 Å². The second-order valence-electron chi connectivity index (χ2n) is 11.0. The molecule has 42 heavy (non-hydrogen) atoms. The number of hydrogen-bond acceptors (Lipinski definition) is 7. The topological polar surface area (TPSA) is 78.2 Å². The molecule has 11 heteroatoms. The van der Waals surface area contributed by atoms with E-state index in [1.54, 1.807) is 30.7 Å². The Morgan fingerprint density at radius 2 is 1.81 bits per heavy atom. The molecule has 0 bridgehead atoms. The fourth-order valence-corrected chi connectivity index (χ4v) is 5.37. The summed E-state index contributed by atoms with van der Waals surface area (Å²) < 4.78 is 31.3. The summed E-state index contributed by atoms with van der Waals surface area (Å²) in [5, 5.41) is 3.34. The molecule has 3 heterocycles. The number of nitrogens with one attached hydrogen (secondary N) is 1. The summed E-state index contributed by atoms with van der Waals surface area (Å²) in [4.78, 5) is 29.0. The number of ether oxygens (including phenoxy) is 1. The maximum atomic E-state index is 13.4. The molecule has 0 aliphatic carbocycles. The molecule has 0 atom stereocenters. The van der Waals surface area contributed by atoms with Crippen LogP contribution >= 0.6 is 0 Å². The Bertz CT molecular complexity index is 1520. The zero-order valence-corrected chi connectivity index (χ0v) is 24.4. The molecular weight excluding hydrogens is 540 g/mol. The van der Waals surface area contributed by atoms with Crippen LogP contribution in [0.1, 0.15) is 28.8 Å². The second kappa shape index (κ2) is 12.8. The first-order valence-corrected chi connectivity index (χ1v) is 14.1. The van der Waals surface area contributed by atoms with Crippen LogP contribution in [0.15, 0.2) is 61.1 Å². The average Bonchev–Trinajstić information content (AvgIpc) is 3.41. The number of alkyl halides is 2. The SMILES string of the molecule is Cc1cc(Nc2nccn3c(-c4ccc(OC(F)F)cc4)cnc23)ccc1C(=O)N1CCC(N(C)CCN(C)C)CC1. The minimum absolute atomic E-state index is 0.0662. The van der Waals surface area contributed by atoms with Crippen molar-refractivity contribution in [2.75, 3.05) is 52.6 Å². The van der Waals surface area contributed by atoms with E-state index in [0.29, 0.717) is 23.1 Å². The van der Waals surface area contributed by atoms with E-state index in [9.17, 15) is 13.6 Å². The van der Waals surface area contributed by atoms with E-state index in [4.69, 9.17) is 0 Å². The number of rotatable bonds is 10. The van der Waals surface area contributed by atoms with Crippen LogP contribution in [0, 0.1) is 6.92 Å². The number of aromatic nitrogens is 3. The third-order valence-electron chi connectivity index (χ3n) is 7.80. The van der Waals surface area contributed by atoms with E-state index in [1.165, 1.54) is 12.1 Å². The van der Waals surface area contributed by atoms with Gasteiger partial charge >= 0.3 is 6.61 Å². The van der Waals surface area contributed by atoms with Crippen LogP contribution in [-0.4, -0.2) is 95.0 Å². The van der Waals surface area contributed by atoms with Crippen molar-refractivity contribution >= 4 is 23.1 Å². The van der Waals surface area contributed by atoms with Gasteiger partial charge in [-0.05, 0) is 88.9 Å². The van der Waals surface area contributed by atoms with Gasteiger partial charge in [0.25, 0.3) is 5.91 Å². The number of aryl methyl sites for hydroxylation is 1. The molecule has 5 rings (SSSR count). The number of likely N-dealkylation sites (N-methyl/N-ethyl adjacent to an activating group) is 2. The molecule has 4 aromatic rings. The second-order valence-corrected chi connectivity index (χ2v) is 11.0. The summed E-state index contributed by atoms with van der Waals surface area (Å²) in [5.74, 6) is 0.716. The number of fused-ring (bicyclic) bond motifs is 1. The highest BCUT2D eigenvalue weighted by Crippen LogP contribution is 2.28. The number of piperidine rings is 1. The summed E-state index contributed by atoms with van der Waals surface area (Å²) in [6.45, 7) is 2.63. The lowest BCUT2D eigenvalue weighted by Crippen LogP contribution is -2.46. The van der Waals surface area contributed by atoms with E-state index < -0.39 is 6.61 Å². The molecular formula is C31H37F2N7O2. The minimum atomic E-state index is -2.87.